The Morgan fingerprint density at radius 3 is 2.23 bits per heavy atom. The van der Waals surface area contributed by atoms with E-state index >= 15 is 0 Å². The van der Waals surface area contributed by atoms with Crippen LogP contribution in [0.25, 0.3) is 32.7 Å². The predicted octanol–water partition coefficient (Wildman–Crippen LogP) is 7.80. The van der Waals surface area contributed by atoms with Gasteiger partial charge in [0.05, 0.1) is 15.1 Å². The van der Waals surface area contributed by atoms with Gasteiger partial charge < -0.3 is 15.0 Å². The summed E-state index contributed by atoms with van der Waals surface area (Å²) >= 11 is 0. The van der Waals surface area contributed by atoms with Gasteiger partial charge in [0.1, 0.15) is 0 Å². The number of rotatable bonds is 0. The van der Waals surface area contributed by atoms with Gasteiger partial charge in [-0.25, -0.2) is 0 Å². The average Bonchev–Trinajstić information content (AvgIpc) is 3.64. The van der Waals surface area contributed by atoms with E-state index in [1.54, 1.807) is 0 Å². The Bertz CT molecular complexity index is 1920. The monoisotopic (exact) mass is 418 g/mol. The summed E-state index contributed by atoms with van der Waals surface area (Å²) in [7, 11) is 0. The van der Waals surface area contributed by atoms with Crippen LogP contribution in [0.3, 0.4) is 0 Å². The van der Waals surface area contributed by atoms with E-state index in [1.807, 2.05) is 39.1 Å². The Morgan fingerprint density at radius 2 is 1.42 bits per heavy atom. The third-order valence-electron chi connectivity index (χ3n) is 4.53. The average molecular weight is 419 g/mol. The van der Waals surface area contributed by atoms with Gasteiger partial charge in [-0.05, 0) is 52.0 Å². The maximum atomic E-state index is 7.97. The molecule has 31 heavy (non-hydrogen) atoms. The molecule has 6 aromatic rings. The molecule has 6 rings (SSSR count). The first-order valence-corrected chi connectivity index (χ1v) is 9.74. The Kier molecular flexibility index (Phi) is 3.20. The molecule has 0 aliphatic heterocycles. The number of fused-ring (bicyclic) bond motifs is 3. The molecule has 0 aliphatic carbocycles. The van der Waals surface area contributed by atoms with Crippen molar-refractivity contribution in [1.82, 2.24) is 15.0 Å². The summed E-state index contributed by atoms with van der Waals surface area (Å²) in [5.74, 6) is 0. The molecule has 156 valence electrons. The number of hydrogen-bond donors (Lipinski definition) is 3. The zero-order valence-corrected chi connectivity index (χ0v) is 17.5. The minimum absolute atomic E-state index is 0.0750. The second-order valence-corrected chi connectivity index (χ2v) is 7.81. The van der Waals surface area contributed by atoms with Crippen LogP contribution in [0.1, 0.15) is 41.4 Å². The number of nitrogens with one attached hydrogen (secondary N) is 3. The Hall–Kier alpha value is -3.72. The summed E-state index contributed by atoms with van der Waals surface area (Å²) in [5, 5.41) is 1.78. The number of benzene rings is 3. The summed E-state index contributed by atoms with van der Waals surface area (Å²) in [6.07, 6.45) is 1.91. The van der Waals surface area contributed by atoms with E-state index in [9.17, 15) is 0 Å². The number of hydrogen-bond acceptors (Lipinski definition) is 0. The lowest BCUT2D eigenvalue weighted by Crippen LogP contribution is -2.09. The molecule has 3 heterocycles. The van der Waals surface area contributed by atoms with Gasteiger partial charge in [-0.1, -0.05) is 75.2 Å². The molecular formula is C28H29N3. The zero-order chi connectivity index (χ0) is 31.3. The van der Waals surface area contributed by atoms with Crippen molar-refractivity contribution in [3.63, 3.8) is 0 Å². The first kappa shape index (κ1) is 11.1. The normalized spacial score (nSPS) is 16.0. The minimum Gasteiger partial charge on any atom is -0.361 e. The van der Waals surface area contributed by atoms with Crippen LogP contribution in [0, 0.1) is 0 Å². The molecule has 3 heteroatoms. The minimum atomic E-state index is -0.375. The molecule has 3 aromatic carbocycles. The summed E-state index contributed by atoms with van der Waals surface area (Å²) in [6.45, 7) is 5.78. The van der Waals surface area contributed by atoms with Crippen molar-refractivity contribution < 1.29 is 15.1 Å². The number of aromatic nitrogens is 3. The van der Waals surface area contributed by atoms with Crippen LogP contribution < -0.4 is 0 Å². The molecule has 0 unspecified atom stereocenters. The molecule has 0 bridgehead atoms. The second-order valence-electron chi connectivity index (χ2n) is 7.81. The summed E-state index contributed by atoms with van der Waals surface area (Å²) in [5.41, 5.74) is 1.92. The molecule has 0 saturated heterocycles. The predicted molar refractivity (Wildman–Crippen MR) is 134 cm³/mol. The SMILES string of the molecule is [2H]c1[nH]c2c([2H])c([2H])c([2H])c([2H])c2c1C(C)(C)C.[2H]c1[nH]c2c([2H])c([2H])c([2H])c([2H])c2c1[2H].c1ccc2[nH]ccc2c1. The third-order valence-corrected chi connectivity index (χ3v) is 4.53. The van der Waals surface area contributed by atoms with E-state index < -0.39 is 0 Å². The van der Waals surface area contributed by atoms with Crippen molar-refractivity contribution >= 4 is 32.7 Å². The van der Waals surface area contributed by atoms with Gasteiger partial charge in [0.25, 0.3) is 0 Å². The maximum Gasteiger partial charge on any atom is 0.0819 e. The van der Waals surface area contributed by atoms with Gasteiger partial charge in [-0.2, -0.15) is 0 Å². The largest absolute Gasteiger partial charge is 0.361 e. The highest BCUT2D eigenvalue weighted by Gasteiger charge is 2.17. The summed E-state index contributed by atoms with van der Waals surface area (Å²) in [4.78, 5) is 8.36. The van der Waals surface area contributed by atoms with Gasteiger partial charge in [0.15, 0.2) is 0 Å². The smallest absolute Gasteiger partial charge is 0.0819 e. The van der Waals surface area contributed by atoms with Gasteiger partial charge in [0.2, 0.25) is 0 Å². The van der Waals surface area contributed by atoms with Crippen molar-refractivity contribution in [2.45, 2.75) is 26.2 Å². The van der Waals surface area contributed by atoms with Gasteiger partial charge in [0, 0.05) is 40.5 Å². The molecule has 0 aliphatic rings. The molecular weight excluding hydrogens is 378 g/mol. The fourth-order valence-electron chi connectivity index (χ4n) is 3.00. The Balaban J connectivity index is 0.000000152. The fourth-order valence-corrected chi connectivity index (χ4v) is 3.00. The lowest BCUT2D eigenvalue weighted by atomic mass is 9.87. The highest BCUT2D eigenvalue weighted by Crippen LogP contribution is 2.29. The summed E-state index contributed by atoms with van der Waals surface area (Å²) in [6, 6.07) is 8.13. The zero-order valence-electron chi connectivity index (χ0n) is 28.5. The van der Waals surface area contributed by atoms with Gasteiger partial charge in [-0.3, -0.25) is 0 Å². The summed E-state index contributed by atoms with van der Waals surface area (Å²) < 4.78 is 83.9. The first-order valence-electron chi connectivity index (χ1n) is 15.2. The standard InChI is InChI=1S/C12H15N.2C8H7N/c1-12(2,3)10-8-13-11-7-5-4-6-9(10)11;2*1-2-4-8-7(3-1)5-6-9-8/h4-8,13H,1-3H3;2*1-6,9H/i4D,5D,6D,7D,8D;1D,2D,3D,4D,5D,6D;. The van der Waals surface area contributed by atoms with E-state index in [2.05, 4.69) is 33.2 Å². The number of aromatic amines is 3. The fraction of sp³-hybridized carbons (Fsp3) is 0.143. The van der Waals surface area contributed by atoms with Crippen LogP contribution in [0.5, 0.6) is 0 Å². The van der Waals surface area contributed by atoms with E-state index in [1.165, 1.54) is 10.9 Å². The maximum absolute atomic E-state index is 7.97. The van der Waals surface area contributed by atoms with Crippen LogP contribution in [0.15, 0.2) is 103 Å². The number of para-hydroxylation sites is 3. The van der Waals surface area contributed by atoms with Crippen molar-refractivity contribution in [3.05, 3.63) is 109 Å². The van der Waals surface area contributed by atoms with Crippen LogP contribution in [0.4, 0.5) is 0 Å². The third kappa shape index (κ3) is 4.89. The molecule has 3 nitrogen and oxygen atoms in total. The topological polar surface area (TPSA) is 47.4 Å². The molecule has 3 aromatic heterocycles. The van der Waals surface area contributed by atoms with E-state index in [4.69, 9.17) is 15.1 Å². The molecule has 0 saturated carbocycles. The van der Waals surface area contributed by atoms with Crippen LogP contribution >= 0.6 is 0 Å². The molecule has 0 atom stereocenters. The quantitative estimate of drug-likeness (QED) is 0.225. The lowest BCUT2D eigenvalue weighted by Gasteiger charge is -2.17. The van der Waals surface area contributed by atoms with Crippen LogP contribution in [-0.4, -0.2) is 15.0 Å². The highest BCUT2D eigenvalue weighted by molar-refractivity contribution is 5.84. The van der Waals surface area contributed by atoms with Crippen molar-refractivity contribution in [1.29, 1.82) is 0 Å². The number of H-pyrrole nitrogens is 3. The molecule has 0 radical (unpaired) electrons. The van der Waals surface area contributed by atoms with Gasteiger partial charge >= 0.3 is 0 Å². The second kappa shape index (κ2) is 8.97. The molecule has 0 amide bonds. The lowest BCUT2D eigenvalue weighted by molar-refractivity contribution is 0.596. The van der Waals surface area contributed by atoms with Gasteiger partial charge in [-0.15, -0.1) is 0 Å². The molecule has 0 fully saturated rings. The Labute approximate surface area is 198 Å². The van der Waals surface area contributed by atoms with Crippen LogP contribution in [-0.2, 0) is 5.41 Å². The van der Waals surface area contributed by atoms with Crippen LogP contribution in [0.2, 0.25) is 0 Å². The molecule has 3 N–H and O–H groups in total. The highest BCUT2D eigenvalue weighted by atomic mass is 14.7. The van der Waals surface area contributed by atoms with Crippen molar-refractivity contribution in [3.8, 4) is 0 Å². The van der Waals surface area contributed by atoms with E-state index in [0.29, 0.717) is 16.5 Å². The van der Waals surface area contributed by atoms with Crippen molar-refractivity contribution in [2.24, 2.45) is 0 Å². The van der Waals surface area contributed by atoms with E-state index in [0.717, 1.165) is 0 Å². The van der Waals surface area contributed by atoms with Crippen molar-refractivity contribution in [2.75, 3.05) is 0 Å². The molecule has 0 spiro atoms. The Morgan fingerprint density at radius 1 is 0.677 bits per heavy atom. The van der Waals surface area contributed by atoms with E-state index in [-0.39, 0.29) is 83.0 Å². The first-order chi connectivity index (χ1) is 19.6.